The van der Waals surface area contributed by atoms with Gasteiger partial charge in [-0.25, -0.2) is 4.98 Å². The van der Waals surface area contributed by atoms with E-state index in [9.17, 15) is 4.79 Å². The Balaban J connectivity index is 0.00000192. The summed E-state index contributed by atoms with van der Waals surface area (Å²) in [4.78, 5) is 16.5. The molecule has 1 fully saturated rings. The average molecular weight is 336 g/mol. The number of benzene rings is 1. The predicted molar refractivity (Wildman–Crippen MR) is 91.1 cm³/mol. The summed E-state index contributed by atoms with van der Waals surface area (Å²) in [6.07, 6.45) is 4.24. The number of aromatic nitrogens is 1. The van der Waals surface area contributed by atoms with Crippen molar-refractivity contribution in [2.24, 2.45) is 11.7 Å². The highest BCUT2D eigenvalue weighted by Gasteiger charge is 2.29. The fourth-order valence-corrected chi connectivity index (χ4v) is 2.87. The van der Waals surface area contributed by atoms with Crippen LogP contribution in [0.4, 0.5) is 0 Å². The normalized spacial score (nSPS) is 21.5. The molecule has 0 saturated heterocycles. The third-order valence-corrected chi connectivity index (χ3v) is 4.16. The zero-order chi connectivity index (χ0) is 15.5. The molecule has 0 aliphatic heterocycles. The number of carbonyl (C=O) groups is 1. The van der Waals surface area contributed by atoms with Gasteiger partial charge in [0.25, 0.3) is 0 Å². The van der Waals surface area contributed by atoms with Gasteiger partial charge in [-0.05, 0) is 26.2 Å². The Hall–Kier alpha value is -1.85. The second-order valence-electron chi connectivity index (χ2n) is 5.93. The van der Waals surface area contributed by atoms with E-state index in [-0.39, 0.29) is 36.3 Å². The van der Waals surface area contributed by atoms with Crippen molar-refractivity contribution in [3.63, 3.8) is 0 Å². The summed E-state index contributed by atoms with van der Waals surface area (Å²) in [5.74, 6) is 1.29. The van der Waals surface area contributed by atoms with Crippen LogP contribution in [0.1, 0.15) is 38.1 Å². The van der Waals surface area contributed by atoms with Gasteiger partial charge in [0.1, 0.15) is 6.04 Å². The minimum atomic E-state index is -0.248. The molecule has 0 spiro atoms. The molecule has 1 aromatic heterocycles. The van der Waals surface area contributed by atoms with Gasteiger partial charge in [-0.2, -0.15) is 0 Å². The van der Waals surface area contributed by atoms with Crippen LogP contribution in [0.5, 0.6) is 0 Å². The second-order valence-corrected chi connectivity index (χ2v) is 5.93. The predicted octanol–water partition coefficient (Wildman–Crippen LogP) is 3.07. The third-order valence-electron chi connectivity index (χ3n) is 4.16. The Morgan fingerprint density at radius 2 is 2.09 bits per heavy atom. The fraction of sp³-hybridized carbons (Fsp3) is 0.412. The summed E-state index contributed by atoms with van der Waals surface area (Å²) in [6.45, 7) is 1.88. The molecule has 6 heteroatoms. The minimum absolute atomic E-state index is 0. The molecule has 124 valence electrons. The Morgan fingerprint density at radius 1 is 1.35 bits per heavy atom. The molecule has 1 heterocycles. The molecule has 1 aliphatic rings. The largest absolute Gasteiger partial charge is 0.438 e. The van der Waals surface area contributed by atoms with E-state index in [2.05, 4.69) is 10.3 Å². The highest BCUT2D eigenvalue weighted by atomic mass is 35.5. The van der Waals surface area contributed by atoms with Crippen molar-refractivity contribution in [1.82, 2.24) is 10.3 Å². The molecule has 3 N–H and O–H groups in total. The summed E-state index contributed by atoms with van der Waals surface area (Å²) in [7, 11) is 0. The van der Waals surface area contributed by atoms with Gasteiger partial charge in [0.15, 0.2) is 5.76 Å². The topological polar surface area (TPSA) is 81.2 Å². The van der Waals surface area contributed by atoms with Crippen molar-refractivity contribution in [3.8, 4) is 11.3 Å². The van der Waals surface area contributed by atoms with E-state index in [0.717, 1.165) is 24.8 Å². The van der Waals surface area contributed by atoms with Crippen LogP contribution in [0.25, 0.3) is 11.3 Å². The average Bonchev–Trinajstić information content (AvgIpc) is 3.17. The van der Waals surface area contributed by atoms with Gasteiger partial charge in [-0.3, -0.25) is 4.79 Å². The van der Waals surface area contributed by atoms with Crippen molar-refractivity contribution >= 4 is 18.3 Å². The summed E-state index contributed by atoms with van der Waals surface area (Å²) >= 11 is 0. The molecule has 23 heavy (non-hydrogen) atoms. The molecule has 3 atom stereocenters. The first-order valence-corrected chi connectivity index (χ1v) is 7.70. The van der Waals surface area contributed by atoms with Crippen LogP contribution in [0.2, 0.25) is 0 Å². The van der Waals surface area contributed by atoms with Crippen LogP contribution in [-0.2, 0) is 4.79 Å². The van der Waals surface area contributed by atoms with Crippen molar-refractivity contribution in [2.45, 2.75) is 38.3 Å². The Morgan fingerprint density at radius 3 is 2.74 bits per heavy atom. The van der Waals surface area contributed by atoms with E-state index in [1.807, 2.05) is 37.3 Å². The summed E-state index contributed by atoms with van der Waals surface area (Å²) in [5.41, 5.74) is 6.84. The second kappa shape index (κ2) is 7.62. The Kier molecular flexibility index (Phi) is 5.80. The zero-order valence-corrected chi connectivity index (χ0v) is 13.9. The maximum atomic E-state index is 12.2. The van der Waals surface area contributed by atoms with Crippen molar-refractivity contribution < 1.29 is 9.21 Å². The lowest BCUT2D eigenvalue weighted by Gasteiger charge is -2.14. The standard InChI is InChI=1S/C17H21N3O2.ClH/c1-11(20-16(21)13-7-8-14(18)9-13)17-19-10-15(22-17)12-5-3-2-4-6-12;/h2-6,10-11,13-14H,7-9,18H2,1H3,(H,20,21);1H. The molecule has 2 aromatic rings. The monoisotopic (exact) mass is 335 g/mol. The molecule has 5 nitrogen and oxygen atoms in total. The third kappa shape index (κ3) is 4.12. The van der Waals surface area contributed by atoms with E-state index >= 15 is 0 Å². The first-order valence-electron chi connectivity index (χ1n) is 7.70. The zero-order valence-electron chi connectivity index (χ0n) is 13.1. The van der Waals surface area contributed by atoms with Crippen LogP contribution < -0.4 is 11.1 Å². The molecular formula is C17H22ClN3O2. The molecule has 0 radical (unpaired) electrons. The van der Waals surface area contributed by atoms with E-state index in [4.69, 9.17) is 10.2 Å². The Labute approximate surface area is 142 Å². The lowest BCUT2D eigenvalue weighted by Crippen LogP contribution is -2.32. The molecule has 3 unspecified atom stereocenters. The van der Waals surface area contributed by atoms with Crippen LogP contribution in [-0.4, -0.2) is 16.9 Å². The Bertz CT molecular complexity index is 644. The number of hydrogen-bond acceptors (Lipinski definition) is 4. The van der Waals surface area contributed by atoms with E-state index in [1.165, 1.54) is 0 Å². The van der Waals surface area contributed by atoms with Crippen LogP contribution in [0.3, 0.4) is 0 Å². The number of carbonyl (C=O) groups excluding carboxylic acids is 1. The first-order chi connectivity index (χ1) is 10.6. The lowest BCUT2D eigenvalue weighted by molar-refractivity contribution is -0.125. The molecule has 1 aromatic carbocycles. The maximum absolute atomic E-state index is 12.2. The number of hydrogen-bond donors (Lipinski definition) is 2. The number of halogens is 1. The molecule has 3 rings (SSSR count). The van der Waals surface area contributed by atoms with Gasteiger partial charge >= 0.3 is 0 Å². The number of nitrogens with one attached hydrogen (secondary N) is 1. The molecule has 0 bridgehead atoms. The maximum Gasteiger partial charge on any atom is 0.223 e. The van der Waals surface area contributed by atoms with Crippen molar-refractivity contribution in [3.05, 3.63) is 42.4 Å². The number of rotatable bonds is 4. The van der Waals surface area contributed by atoms with Gasteiger partial charge in [0, 0.05) is 17.5 Å². The minimum Gasteiger partial charge on any atom is -0.438 e. The number of nitrogens with zero attached hydrogens (tertiary/aromatic N) is 1. The lowest BCUT2D eigenvalue weighted by atomic mass is 10.1. The van der Waals surface area contributed by atoms with Crippen molar-refractivity contribution in [2.75, 3.05) is 0 Å². The van der Waals surface area contributed by atoms with Crippen LogP contribution in [0, 0.1) is 5.92 Å². The SMILES string of the molecule is CC(NC(=O)C1CCC(N)C1)c1ncc(-c2ccccc2)o1.Cl. The van der Waals surface area contributed by atoms with Gasteiger partial charge in [0.2, 0.25) is 11.8 Å². The summed E-state index contributed by atoms with van der Waals surface area (Å²) in [5, 5.41) is 2.97. The molecule has 1 amide bonds. The number of oxazole rings is 1. The highest BCUT2D eigenvalue weighted by molar-refractivity contribution is 5.85. The van der Waals surface area contributed by atoms with Gasteiger partial charge in [0.05, 0.1) is 6.20 Å². The van der Waals surface area contributed by atoms with E-state index in [0.29, 0.717) is 11.7 Å². The van der Waals surface area contributed by atoms with Crippen LogP contribution >= 0.6 is 12.4 Å². The summed E-state index contributed by atoms with van der Waals surface area (Å²) < 4.78 is 5.77. The molecule has 1 aliphatic carbocycles. The van der Waals surface area contributed by atoms with Gasteiger partial charge in [-0.15, -0.1) is 12.4 Å². The number of nitrogens with two attached hydrogens (primary N) is 1. The van der Waals surface area contributed by atoms with E-state index in [1.54, 1.807) is 6.20 Å². The molecular weight excluding hydrogens is 314 g/mol. The fourth-order valence-electron chi connectivity index (χ4n) is 2.87. The van der Waals surface area contributed by atoms with Crippen LogP contribution in [0.15, 0.2) is 40.9 Å². The van der Waals surface area contributed by atoms with Gasteiger partial charge < -0.3 is 15.5 Å². The smallest absolute Gasteiger partial charge is 0.223 e. The quantitative estimate of drug-likeness (QED) is 0.899. The molecule has 1 saturated carbocycles. The highest BCUT2D eigenvalue weighted by Crippen LogP contribution is 2.26. The number of amides is 1. The van der Waals surface area contributed by atoms with Gasteiger partial charge in [-0.1, -0.05) is 30.3 Å². The summed E-state index contributed by atoms with van der Waals surface area (Å²) in [6, 6.07) is 9.69. The first kappa shape index (κ1) is 17.5. The van der Waals surface area contributed by atoms with E-state index < -0.39 is 0 Å². The van der Waals surface area contributed by atoms with Crippen molar-refractivity contribution in [1.29, 1.82) is 0 Å².